The molecule has 0 atom stereocenters. The van der Waals surface area contributed by atoms with E-state index in [1.807, 2.05) is 0 Å². The highest BCUT2D eigenvalue weighted by molar-refractivity contribution is 5.44. The van der Waals surface area contributed by atoms with Gasteiger partial charge in [-0.2, -0.15) is 0 Å². The Balaban J connectivity index is 0.000000134. The number of fused-ring (bicyclic) bond motifs is 2. The topological polar surface area (TPSA) is 0 Å². The van der Waals surface area contributed by atoms with Crippen LogP contribution in [0.5, 0.6) is 0 Å². The van der Waals surface area contributed by atoms with Gasteiger partial charge in [0.2, 0.25) is 0 Å². The second-order valence-electron chi connectivity index (χ2n) is 7.04. The average molecular weight is 348 g/mol. The maximum Gasteiger partial charge on any atom is -0.00201 e. The predicted octanol–water partition coefficient (Wildman–Crippen LogP) is 6.46. The first-order valence-corrected chi connectivity index (χ1v) is 9.60. The van der Waals surface area contributed by atoms with Crippen LogP contribution in [0.3, 0.4) is 0 Å². The molecule has 4 aromatic carbocycles. The minimum Gasteiger partial charge on any atom is -0.0622 e. The molecule has 0 heterocycles. The van der Waals surface area contributed by atoms with Gasteiger partial charge in [-0.1, -0.05) is 109 Å². The van der Waals surface area contributed by atoms with E-state index in [-0.39, 0.29) is 0 Å². The monoisotopic (exact) mass is 348 g/mol. The van der Waals surface area contributed by atoms with Gasteiger partial charge in [0.15, 0.2) is 0 Å². The third-order valence-electron chi connectivity index (χ3n) is 5.09. The van der Waals surface area contributed by atoms with Crippen molar-refractivity contribution in [1.29, 1.82) is 0 Å². The van der Waals surface area contributed by atoms with Crippen LogP contribution >= 0.6 is 0 Å². The quantitative estimate of drug-likeness (QED) is 0.343. The van der Waals surface area contributed by atoms with Crippen molar-refractivity contribution < 1.29 is 0 Å². The molecule has 0 amide bonds. The minimum absolute atomic E-state index is 1.03. The summed E-state index contributed by atoms with van der Waals surface area (Å²) in [5.41, 5.74) is 8.71. The molecule has 1 aliphatic rings. The molecule has 132 valence electrons. The Morgan fingerprint density at radius 2 is 0.667 bits per heavy atom. The largest absolute Gasteiger partial charge is 0.0622 e. The van der Waals surface area contributed by atoms with Crippen molar-refractivity contribution in [1.82, 2.24) is 0 Å². The maximum atomic E-state index is 2.24. The summed E-state index contributed by atoms with van der Waals surface area (Å²) in [7, 11) is 0. The summed E-state index contributed by atoms with van der Waals surface area (Å²) < 4.78 is 0. The lowest BCUT2D eigenvalue weighted by atomic mass is 9.86. The maximum absolute atomic E-state index is 2.24. The molecule has 0 saturated heterocycles. The molecule has 0 saturated carbocycles. The fourth-order valence-corrected chi connectivity index (χ4v) is 3.64. The Morgan fingerprint density at radius 1 is 0.370 bits per heavy atom. The summed E-state index contributed by atoms with van der Waals surface area (Å²) in [6, 6.07) is 38.6. The van der Waals surface area contributed by atoms with Gasteiger partial charge in [-0.05, 0) is 52.6 Å². The molecule has 0 heteroatoms. The zero-order valence-corrected chi connectivity index (χ0v) is 15.5. The van der Waals surface area contributed by atoms with Crippen LogP contribution in [0.1, 0.15) is 33.4 Å². The fourth-order valence-electron chi connectivity index (χ4n) is 3.64. The van der Waals surface area contributed by atoms with Crippen molar-refractivity contribution in [3.05, 3.63) is 143 Å². The molecule has 5 rings (SSSR count). The second kappa shape index (κ2) is 8.51. The van der Waals surface area contributed by atoms with Gasteiger partial charge in [0.05, 0.1) is 0 Å². The van der Waals surface area contributed by atoms with Gasteiger partial charge < -0.3 is 0 Å². The first kappa shape index (κ1) is 17.3. The van der Waals surface area contributed by atoms with E-state index in [1.165, 1.54) is 33.4 Å². The Bertz CT molecular complexity index is 859. The zero-order valence-electron chi connectivity index (χ0n) is 15.5. The van der Waals surface area contributed by atoms with Crippen molar-refractivity contribution >= 4 is 0 Å². The molecule has 0 N–H and O–H groups in total. The standard InChI is InChI=1S/C14H12.C13H12/c1-2-6-12-10-14-8-4-3-7-13(14)9-11(12)5-1;1-3-7-12(8-4-1)11-13-9-5-2-6-10-13/h1-8H,9-10H2;1-10H,11H2. The molecule has 0 bridgehead atoms. The van der Waals surface area contributed by atoms with Gasteiger partial charge in [-0.3, -0.25) is 0 Å². The van der Waals surface area contributed by atoms with Crippen LogP contribution < -0.4 is 0 Å². The molecule has 0 radical (unpaired) electrons. The molecular formula is C27H24. The first-order valence-electron chi connectivity index (χ1n) is 9.60. The van der Waals surface area contributed by atoms with Gasteiger partial charge >= 0.3 is 0 Å². The Hall–Kier alpha value is -3.12. The summed E-state index contributed by atoms with van der Waals surface area (Å²) >= 11 is 0. The van der Waals surface area contributed by atoms with E-state index >= 15 is 0 Å². The molecule has 1 aliphatic carbocycles. The molecule has 0 aromatic heterocycles. The van der Waals surface area contributed by atoms with Crippen molar-refractivity contribution in [2.75, 3.05) is 0 Å². The van der Waals surface area contributed by atoms with Crippen LogP contribution in [-0.2, 0) is 19.3 Å². The highest BCUT2D eigenvalue weighted by atomic mass is 14.2. The summed E-state index contributed by atoms with van der Waals surface area (Å²) in [5, 5.41) is 0. The molecule has 0 nitrogen and oxygen atoms in total. The van der Waals surface area contributed by atoms with Gasteiger partial charge in [0.1, 0.15) is 0 Å². The molecule has 0 aliphatic heterocycles. The third-order valence-corrected chi connectivity index (χ3v) is 5.09. The Morgan fingerprint density at radius 3 is 1.00 bits per heavy atom. The van der Waals surface area contributed by atoms with E-state index in [9.17, 15) is 0 Å². The summed E-state index contributed by atoms with van der Waals surface area (Å²) in [6.07, 6.45) is 3.24. The third kappa shape index (κ3) is 4.54. The number of benzene rings is 4. The average Bonchev–Trinajstić information content (AvgIpc) is 2.74. The first-order chi connectivity index (χ1) is 13.4. The van der Waals surface area contributed by atoms with Crippen LogP contribution in [-0.4, -0.2) is 0 Å². The Labute approximate surface area is 162 Å². The second-order valence-corrected chi connectivity index (χ2v) is 7.04. The molecule has 0 spiro atoms. The fraction of sp³-hybridized carbons (Fsp3) is 0.111. The van der Waals surface area contributed by atoms with Gasteiger partial charge in [0.25, 0.3) is 0 Å². The van der Waals surface area contributed by atoms with Gasteiger partial charge in [-0.25, -0.2) is 0 Å². The molecule has 27 heavy (non-hydrogen) atoms. The smallest absolute Gasteiger partial charge is 0.00201 e. The van der Waals surface area contributed by atoms with Gasteiger partial charge in [-0.15, -0.1) is 0 Å². The van der Waals surface area contributed by atoms with E-state index < -0.39 is 0 Å². The summed E-state index contributed by atoms with van der Waals surface area (Å²) in [5.74, 6) is 0. The van der Waals surface area contributed by atoms with E-state index in [2.05, 4.69) is 109 Å². The van der Waals surface area contributed by atoms with Crippen molar-refractivity contribution in [2.24, 2.45) is 0 Å². The summed E-state index contributed by atoms with van der Waals surface area (Å²) in [4.78, 5) is 0. The van der Waals surface area contributed by atoms with Crippen molar-refractivity contribution in [3.63, 3.8) is 0 Å². The number of hydrogen-bond donors (Lipinski definition) is 0. The van der Waals surface area contributed by atoms with Crippen LogP contribution in [0.25, 0.3) is 0 Å². The normalized spacial score (nSPS) is 11.6. The zero-order chi connectivity index (χ0) is 18.3. The van der Waals surface area contributed by atoms with E-state index in [0.717, 1.165) is 19.3 Å². The molecule has 4 aromatic rings. The van der Waals surface area contributed by atoms with E-state index in [1.54, 1.807) is 0 Å². The summed E-state index contributed by atoms with van der Waals surface area (Å²) in [6.45, 7) is 0. The lowest BCUT2D eigenvalue weighted by Crippen LogP contribution is -2.06. The van der Waals surface area contributed by atoms with Crippen molar-refractivity contribution in [3.8, 4) is 0 Å². The van der Waals surface area contributed by atoms with Crippen LogP contribution in [0, 0.1) is 0 Å². The SMILES string of the molecule is c1ccc(Cc2ccccc2)cc1.c1ccc2c(c1)Cc1ccccc1C2. The number of hydrogen-bond acceptors (Lipinski definition) is 0. The minimum atomic E-state index is 1.03. The van der Waals surface area contributed by atoms with Crippen LogP contribution in [0.4, 0.5) is 0 Å². The molecule has 0 unspecified atom stereocenters. The molecule has 0 fully saturated rings. The van der Waals surface area contributed by atoms with Crippen LogP contribution in [0.15, 0.2) is 109 Å². The van der Waals surface area contributed by atoms with Gasteiger partial charge in [0, 0.05) is 0 Å². The number of rotatable bonds is 2. The lowest BCUT2D eigenvalue weighted by molar-refractivity contribution is 1.00. The molecular weight excluding hydrogens is 324 g/mol. The Kier molecular flexibility index (Phi) is 5.45. The lowest BCUT2D eigenvalue weighted by Gasteiger charge is -2.18. The highest BCUT2D eigenvalue weighted by Gasteiger charge is 2.12. The van der Waals surface area contributed by atoms with Crippen LogP contribution in [0.2, 0.25) is 0 Å². The van der Waals surface area contributed by atoms with E-state index in [4.69, 9.17) is 0 Å². The predicted molar refractivity (Wildman–Crippen MR) is 114 cm³/mol. The highest BCUT2D eigenvalue weighted by Crippen LogP contribution is 2.26. The van der Waals surface area contributed by atoms with Crippen molar-refractivity contribution in [2.45, 2.75) is 19.3 Å². The van der Waals surface area contributed by atoms with E-state index in [0.29, 0.717) is 0 Å².